The topological polar surface area (TPSA) is 87.7 Å². The van der Waals surface area contributed by atoms with E-state index in [1.807, 2.05) is 0 Å². The average molecular weight is 302 g/mol. The largest absolute Gasteiger partial charge is 0.263 e. The Kier molecular flexibility index (Phi) is 4.40. The van der Waals surface area contributed by atoms with Gasteiger partial charge in [0.2, 0.25) is 10.0 Å². The fourth-order valence-corrected chi connectivity index (χ4v) is 2.83. The Morgan fingerprint density at radius 2 is 1.95 bits per heavy atom. The predicted molar refractivity (Wildman–Crippen MR) is 66.3 cm³/mol. The number of aromatic amines is 1. The Balaban J connectivity index is 1.97. The summed E-state index contributed by atoms with van der Waals surface area (Å²) in [5, 5.41) is 6.27. The summed E-state index contributed by atoms with van der Waals surface area (Å²) in [4.78, 5) is 2.91. The molecule has 1 heterocycles. The van der Waals surface area contributed by atoms with Crippen LogP contribution < -0.4 is 4.72 Å². The molecule has 0 bridgehead atoms. The van der Waals surface area contributed by atoms with Gasteiger partial charge in [-0.2, -0.15) is 5.10 Å². The van der Waals surface area contributed by atoms with Crippen molar-refractivity contribution in [3.05, 3.63) is 42.0 Å². The highest BCUT2D eigenvalue weighted by Gasteiger charge is 2.22. The second kappa shape index (κ2) is 6.06. The molecular weight excluding hydrogens is 290 g/mol. The van der Waals surface area contributed by atoms with Crippen LogP contribution in [-0.4, -0.2) is 30.1 Å². The second-order valence-electron chi connectivity index (χ2n) is 3.98. The highest BCUT2D eigenvalue weighted by Crippen LogP contribution is 2.17. The van der Waals surface area contributed by atoms with Gasteiger partial charge < -0.3 is 0 Å². The SMILES string of the molecule is O=S(=O)(NCCCc1ncn[nH]1)c1c(F)cccc1F. The molecule has 0 fully saturated rings. The predicted octanol–water partition coefficient (Wildman–Crippen LogP) is 0.994. The van der Waals surface area contributed by atoms with Crippen molar-refractivity contribution >= 4 is 10.0 Å². The van der Waals surface area contributed by atoms with Crippen LogP contribution in [0.25, 0.3) is 0 Å². The minimum Gasteiger partial charge on any atom is -0.263 e. The van der Waals surface area contributed by atoms with E-state index in [9.17, 15) is 17.2 Å². The molecule has 0 atom stereocenters. The highest BCUT2D eigenvalue weighted by atomic mass is 32.2. The lowest BCUT2D eigenvalue weighted by Crippen LogP contribution is -2.27. The number of nitrogens with zero attached hydrogens (tertiary/aromatic N) is 2. The number of hydrogen-bond acceptors (Lipinski definition) is 4. The van der Waals surface area contributed by atoms with Gasteiger partial charge in [0.1, 0.15) is 23.8 Å². The van der Waals surface area contributed by atoms with Crippen LogP contribution in [0, 0.1) is 11.6 Å². The van der Waals surface area contributed by atoms with Crippen molar-refractivity contribution in [2.24, 2.45) is 0 Å². The molecule has 0 radical (unpaired) electrons. The third kappa shape index (κ3) is 3.36. The number of aryl methyl sites for hydroxylation is 1. The Labute approximate surface area is 114 Å². The minimum absolute atomic E-state index is 0.0385. The first-order valence-electron chi connectivity index (χ1n) is 5.78. The summed E-state index contributed by atoms with van der Waals surface area (Å²) < 4.78 is 52.6. The maximum Gasteiger partial charge on any atom is 0.246 e. The molecule has 2 aromatic rings. The smallest absolute Gasteiger partial charge is 0.246 e. The number of nitrogens with one attached hydrogen (secondary N) is 2. The summed E-state index contributed by atoms with van der Waals surface area (Å²) in [6.07, 6.45) is 2.24. The quantitative estimate of drug-likeness (QED) is 0.779. The van der Waals surface area contributed by atoms with E-state index in [2.05, 4.69) is 19.9 Å². The third-order valence-electron chi connectivity index (χ3n) is 2.54. The van der Waals surface area contributed by atoms with E-state index in [4.69, 9.17) is 0 Å². The molecule has 2 rings (SSSR count). The van der Waals surface area contributed by atoms with E-state index >= 15 is 0 Å². The van der Waals surface area contributed by atoms with Crippen LogP contribution in [0.1, 0.15) is 12.2 Å². The number of H-pyrrole nitrogens is 1. The van der Waals surface area contributed by atoms with Gasteiger partial charge in [0.05, 0.1) is 0 Å². The van der Waals surface area contributed by atoms with Crippen molar-refractivity contribution in [1.82, 2.24) is 19.9 Å². The van der Waals surface area contributed by atoms with Gasteiger partial charge in [-0.25, -0.2) is 26.9 Å². The van der Waals surface area contributed by atoms with Gasteiger partial charge in [0.15, 0.2) is 4.90 Å². The lowest BCUT2D eigenvalue weighted by Gasteiger charge is -2.08. The lowest BCUT2D eigenvalue weighted by molar-refractivity contribution is 0.513. The summed E-state index contributed by atoms with van der Waals surface area (Å²) in [6, 6.07) is 2.89. The number of halogens is 2. The van der Waals surface area contributed by atoms with Crippen molar-refractivity contribution in [3.8, 4) is 0 Å². The molecule has 0 aliphatic heterocycles. The van der Waals surface area contributed by atoms with Gasteiger partial charge >= 0.3 is 0 Å². The number of hydrogen-bond donors (Lipinski definition) is 2. The zero-order valence-corrected chi connectivity index (χ0v) is 11.1. The molecule has 0 saturated carbocycles. The van der Waals surface area contributed by atoms with Gasteiger partial charge in [-0.05, 0) is 18.6 Å². The lowest BCUT2D eigenvalue weighted by atomic mass is 10.3. The summed E-state index contributed by atoms with van der Waals surface area (Å²) in [7, 11) is -4.21. The van der Waals surface area contributed by atoms with Gasteiger partial charge in [-0.15, -0.1) is 0 Å². The van der Waals surface area contributed by atoms with Crippen LogP contribution >= 0.6 is 0 Å². The first-order chi connectivity index (χ1) is 9.50. The molecule has 2 N–H and O–H groups in total. The normalized spacial score (nSPS) is 11.7. The van der Waals surface area contributed by atoms with Crippen LogP contribution in [0.2, 0.25) is 0 Å². The highest BCUT2D eigenvalue weighted by molar-refractivity contribution is 7.89. The molecule has 108 valence electrons. The molecule has 9 heteroatoms. The Morgan fingerprint density at radius 1 is 1.25 bits per heavy atom. The van der Waals surface area contributed by atoms with Crippen molar-refractivity contribution in [2.45, 2.75) is 17.7 Å². The van der Waals surface area contributed by atoms with Gasteiger partial charge in [-0.1, -0.05) is 6.07 Å². The first kappa shape index (κ1) is 14.5. The monoisotopic (exact) mass is 302 g/mol. The van der Waals surface area contributed by atoms with Crippen LogP contribution in [0.3, 0.4) is 0 Å². The van der Waals surface area contributed by atoms with E-state index in [-0.39, 0.29) is 6.54 Å². The second-order valence-corrected chi connectivity index (χ2v) is 5.69. The molecule has 0 aliphatic rings. The average Bonchev–Trinajstić information content (AvgIpc) is 2.87. The maximum atomic E-state index is 13.4. The minimum atomic E-state index is -4.21. The first-order valence-corrected chi connectivity index (χ1v) is 7.27. The van der Waals surface area contributed by atoms with Crippen molar-refractivity contribution < 1.29 is 17.2 Å². The molecule has 0 saturated heterocycles. The van der Waals surface area contributed by atoms with Crippen molar-refractivity contribution in [1.29, 1.82) is 0 Å². The van der Waals surface area contributed by atoms with Crippen molar-refractivity contribution in [3.63, 3.8) is 0 Å². The zero-order chi connectivity index (χ0) is 14.6. The molecule has 0 aliphatic carbocycles. The Hall–Kier alpha value is -1.87. The van der Waals surface area contributed by atoms with Crippen LogP contribution in [0.15, 0.2) is 29.4 Å². The third-order valence-corrected chi connectivity index (χ3v) is 4.05. The molecule has 6 nitrogen and oxygen atoms in total. The number of benzene rings is 1. The molecule has 20 heavy (non-hydrogen) atoms. The van der Waals surface area contributed by atoms with E-state index in [1.165, 1.54) is 6.33 Å². The summed E-state index contributed by atoms with van der Waals surface area (Å²) in [5.74, 6) is -1.62. The Morgan fingerprint density at radius 3 is 2.55 bits per heavy atom. The fraction of sp³-hybridized carbons (Fsp3) is 0.273. The van der Waals surface area contributed by atoms with E-state index in [0.717, 1.165) is 18.2 Å². The van der Waals surface area contributed by atoms with Gasteiger partial charge in [-0.3, -0.25) is 5.10 Å². The van der Waals surface area contributed by atoms with Crippen LogP contribution in [0.4, 0.5) is 8.78 Å². The number of rotatable bonds is 6. The number of aromatic nitrogens is 3. The zero-order valence-electron chi connectivity index (χ0n) is 10.3. The van der Waals surface area contributed by atoms with E-state index in [0.29, 0.717) is 18.7 Å². The summed E-state index contributed by atoms with van der Waals surface area (Å²) >= 11 is 0. The van der Waals surface area contributed by atoms with E-state index < -0.39 is 26.6 Å². The van der Waals surface area contributed by atoms with E-state index in [1.54, 1.807) is 0 Å². The standard InChI is InChI=1S/C11H12F2N4O2S/c12-8-3-1-4-9(13)11(8)20(18,19)16-6-2-5-10-14-7-15-17-10/h1,3-4,7,16H,2,5-6H2,(H,14,15,17). The molecule has 1 aromatic carbocycles. The van der Waals surface area contributed by atoms with Gasteiger partial charge in [0, 0.05) is 13.0 Å². The van der Waals surface area contributed by atoms with Crippen LogP contribution in [0.5, 0.6) is 0 Å². The Bertz CT molecular complexity index is 653. The maximum absolute atomic E-state index is 13.4. The molecule has 0 spiro atoms. The van der Waals surface area contributed by atoms with Crippen molar-refractivity contribution in [2.75, 3.05) is 6.54 Å². The molecular formula is C11H12F2N4O2S. The molecule has 0 amide bonds. The number of sulfonamides is 1. The molecule has 0 unspecified atom stereocenters. The summed E-state index contributed by atoms with van der Waals surface area (Å²) in [6.45, 7) is 0.0385. The van der Waals surface area contributed by atoms with Crippen LogP contribution in [-0.2, 0) is 16.4 Å². The molecule has 1 aromatic heterocycles. The summed E-state index contributed by atoms with van der Waals surface area (Å²) in [5.41, 5.74) is 0. The fourth-order valence-electron chi connectivity index (χ4n) is 1.63. The van der Waals surface area contributed by atoms with Gasteiger partial charge in [0.25, 0.3) is 0 Å².